The Labute approximate surface area is 145 Å². The van der Waals surface area contributed by atoms with E-state index in [1.807, 2.05) is 0 Å². The van der Waals surface area contributed by atoms with Crippen LogP contribution in [-0.4, -0.2) is 54.8 Å². The van der Waals surface area contributed by atoms with E-state index in [0.29, 0.717) is 37.8 Å². The van der Waals surface area contributed by atoms with Crippen LogP contribution in [0.2, 0.25) is 0 Å². The maximum absolute atomic E-state index is 12.9. The number of carbonyl (C=O) groups is 1. The van der Waals surface area contributed by atoms with Gasteiger partial charge in [0.15, 0.2) is 6.61 Å². The van der Waals surface area contributed by atoms with Crippen LogP contribution in [0.15, 0.2) is 48.8 Å². The summed E-state index contributed by atoms with van der Waals surface area (Å²) in [5, 5.41) is 0. The van der Waals surface area contributed by atoms with Gasteiger partial charge in [0.2, 0.25) is 0 Å². The van der Waals surface area contributed by atoms with Crippen LogP contribution in [0.5, 0.6) is 11.5 Å². The van der Waals surface area contributed by atoms with Crippen LogP contribution in [-0.2, 0) is 9.53 Å². The fraction of sp³-hybridized carbons (Fsp3) is 0.333. The minimum atomic E-state index is -0.313. The molecular formula is C18H19FN2O4. The molecule has 1 unspecified atom stereocenters. The summed E-state index contributed by atoms with van der Waals surface area (Å²) < 4.78 is 29.5. The monoisotopic (exact) mass is 346 g/mol. The van der Waals surface area contributed by atoms with E-state index < -0.39 is 0 Å². The van der Waals surface area contributed by atoms with Gasteiger partial charge in [-0.15, -0.1) is 0 Å². The third kappa shape index (κ3) is 5.15. The largest absolute Gasteiger partial charge is 0.491 e. The lowest BCUT2D eigenvalue weighted by Gasteiger charge is -2.32. The third-order valence-corrected chi connectivity index (χ3v) is 3.74. The summed E-state index contributed by atoms with van der Waals surface area (Å²) >= 11 is 0. The van der Waals surface area contributed by atoms with E-state index in [4.69, 9.17) is 14.2 Å². The number of morpholine rings is 1. The number of pyridine rings is 1. The van der Waals surface area contributed by atoms with Gasteiger partial charge in [-0.3, -0.25) is 9.78 Å². The summed E-state index contributed by atoms with van der Waals surface area (Å²) in [5.41, 5.74) is 0. The molecule has 1 aromatic heterocycles. The molecular weight excluding hydrogens is 327 g/mol. The molecule has 1 fully saturated rings. The fourth-order valence-corrected chi connectivity index (χ4v) is 2.44. The molecule has 132 valence electrons. The van der Waals surface area contributed by atoms with E-state index in [9.17, 15) is 9.18 Å². The number of benzene rings is 1. The molecule has 2 aromatic rings. The van der Waals surface area contributed by atoms with Crippen molar-refractivity contribution in [3.63, 3.8) is 0 Å². The highest BCUT2D eigenvalue weighted by atomic mass is 19.1. The van der Waals surface area contributed by atoms with Gasteiger partial charge in [0, 0.05) is 12.7 Å². The molecule has 0 N–H and O–H groups in total. The third-order valence-electron chi connectivity index (χ3n) is 3.74. The summed E-state index contributed by atoms with van der Waals surface area (Å²) in [7, 11) is 0. The Hall–Kier alpha value is -2.67. The summed E-state index contributed by atoms with van der Waals surface area (Å²) in [6, 6.07) is 9.28. The number of hydrogen-bond acceptors (Lipinski definition) is 5. The predicted octanol–water partition coefficient (Wildman–Crippen LogP) is 1.91. The molecule has 1 aliphatic heterocycles. The number of aromatic nitrogens is 1. The maximum atomic E-state index is 12.9. The average molecular weight is 346 g/mol. The van der Waals surface area contributed by atoms with Crippen LogP contribution in [0.3, 0.4) is 0 Å². The van der Waals surface area contributed by atoms with E-state index in [0.717, 1.165) is 0 Å². The van der Waals surface area contributed by atoms with Crippen LogP contribution in [0.1, 0.15) is 0 Å². The highest BCUT2D eigenvalue weighted by Gasteiger charge is 2.25. The predicted molar refractivity (Wildman–Crippen MR) is 87.9 cm³/mol. The first-order valence-electron chi connectivity index (χ1n) is 8.01. The second kappa shape index (κ2) is 8.43. The summed E-state index contributed by atoms with van der Waals surface area (Å²) in [6.45, 7) is 1.63. The number of halogens is 1. The Kier molecular flexibility index (Phi) is 5.79. The zero-order valence-corrected chi connectivity index (χ0v) is 13.6. The minimum Gasteiger partial charge on any atom is -0.491 e. The molecule has 1 amide bonds. The lowest BCUT2D eigenvalue weighted by atomic mass is 10.2. The molecule has 0 radical (unpaired) electrons. The van der Waals surface area contributed by atoms with Crippen molar-refractivity contribution in [3.05, 3.63) is 54.6 Å². The first-order valence-corrected chi connectivity index (χ1v) is 8.01. The minimum absolute atomic E-state index is 0.0444. The van der Waals surface area contributed by atoms with Gasteiger partial charge in [0.25, 0.3) is 5.91 Å². The van der Waals surface area contributed by atoms with Crippen molar-refractivity contribution in [1.29, 1.82) is 0 Å². The van der Waals surface area contributed by atoms with Gasteiger partial charge < -0.3 is 19.1 Å². The van der Waals surface area contributed by atoms with Gasteiger partial charge in [0.05, 0.1) is 19.3 Å². The standard InChI is InChI=1S/C18H19FN2O4/c19-14-3-5-15(6-4-14)24-12-17-11-21(8-9-23-17)18(22)13-25-16-2-1-7-20-10-16/h1-7,10,17H,8-9,11-13H2. The number of ether oxygens (including phenoxy) is 3. The van der Waals surface area contributed by atoms with E-state index in [-0.39, 0.29) is 24.4 Å². The quantitative estimate of drug-likeness (QED) is 0.800. The van der Waals surface area contributed by atoms with Crippen LogP contribution >= 0.6 is 0 Å². The number of hydrogen-bond donors (Lipinski definition) is 0. The zero-order valence-electron chi connectivity index (χ0n) is 13.6. The molecule has 0 bridgehead atoms. The SMILES string of the molecule is O=C(COc1cccnc1)N1CCOC(COc2ccc(F)cc2)C1. The molecule has 3 rings (SSSR count). The Bertz CT molecular complexity index is 681. The van der Waals surface area contributed by atoms with Gasteiger partial charge in [-0.2, -0.15) is 0 Å². The first kappa shape index (κ1) is 17.2. The van der Waals surface area contributed by atoms with Crippen LogP contribution in [0.4, 0.5) is 4.39 Å². The smallest absolute Gasteiger partial charge is 0.260 e. The van der Waals surface area contributed by atoms with Crippen LogP contribution in [0, 0.1) is 5.82 Å². The van der Waals surface area contributed by atoms with Gasteiger partial charge in [-0.25, -0.2) is 4.39 Å². The van der Waals surface area contributed by atoms with E-state index >= 15 is 0 Å². The molecule has 0 spiro atoms. The molecule has 1 aliphatic rings. The molecule has 1 saturated heterocycles. The van der Waals surface area contributed by atoms with Crippen molar-refractivity contribution < 1.29 is 23.4 Å². The molecule has 1 atom stereocenters. The van der Waals surface area contributed by atoms with E-state index in [2.05, 4.69) is 4.98 Å². The van der Waals surface area contributed by atoms with Crippen molar-refractivity contribution in [3.8, 4) is 11.5 Å². The molecule has 0 saturated carbocycles. The normalized spacial score (nSPS) is 17.2. The Balaban J connectivity index is 1.45. The number of rotatable bonds is 6. The molecule has 1 aromatic carbocycles. The second-order valence-corrected chi connectivity index (χ2v) is 5.57. The molecule has 6 nitrogen and oxygen atoms in total. The second-order valence-electron chi connectivity index (χ2n) is 5.57. The van der Waals surface area contributed by atoms with Crippen molar-refractivity contribution in [2.24, 2.45) is 0 Å². The van der Waals surface area contributed by atoms with Gasteiger partial charge in [0.1, 0.15) is 30.0 Å². The van der Waals surface area contributed by atoms with E-state index in [1.165, 1.54) is 12.1 Å². The Morgan fingerprint density at radius 3 is 2.84 bits per heavy atom. The van der Waals surface area contributed by atoms with Crippen LogP contribution in [0.25, 0.3) is 0 Å². The van der Waals surface area contributed by atoms with Gasteiger partial charge in [-0.1, -0.05) is 0 Å². The number of amides is 1. The number of carbonyl (C=O) groups excluding carboxylic acids is 1. The number of nitrogens with zero attached hydrogens (tertiary/aromatic N) is 2. The highest BCUT2D eigenvalue weighted by Crippen LogP contribution is 2.14. The lowest BCUT2D eigenvalue weighted by molar-refractivity contribution is -0.142. The van der Waals surface area contributed by atoms with Crippen molar-refractivity contribution in [2.45, 2.75) is 6.10 Å². The van der Waals surface area contributed by atoms with Gasteiger partial charge in [-0.05, 0) is 36.4 Å². The summed E-state index contributed by atoms with van der Waals surface area (Å²) in [6.07, 6.45) is 2.97. The molecule has 7 heteroatoms. The van der Waals surface area contributed by atoms with Gasteiger partial charge >= 0.3 is 0 Å². The highest BCUT2D eigenvalue weighted by molar-refractivity contribution is 5.77. The fourth-order valence-electron chi connectivity index (χ4n) is 2.44. The Morgan fingerprint density at radius 1 is 1.24 bits per heavy atom. The molecule has 2 heterocycles. The topological polar surface area (TPSA) is 60.9 Å². The summed E-state index contributed by atoms with van der Waals surface area (Å²) in [4.78, 5) is 17.9. The lowest BCUT2D eigenvalue weighted by Crippen LogP contribution is -2.49. The Morgan fingerprint density at radius 2 is 2.08 bits per heavy atom. The van der Waals surface area contributed by atoms with Crippen molar-refractivity contribution in [2.75, 3.05) is 32.9 Å². The molecule has 25 heavy (non-hydrogen) atoms. The average Bonchev–Trinajstić information content (AvgIpc) is 2.67. The van der Waals surface area contributed by atoms with Crippen molar-refractivity contribution >= 4 is 5.91 Å². The zero-order chi connectivity index (χ0) is 17.5. The van der Waals surface area contributed by atoms with Crippen LogP contribution < -0.4 is 9.47 Å². The molecule has 0 aliphatic carbocycles. The van der Waals surface area contributed by atoms with E-state index in [1.54, 1.807) is 41.6 Å². The summed E-state index contributed by atoms with van der Waals surface area (Å²) in [5.74, 6) is 0.694. The first-order chi connectivity index (χ1) is 12.2. The maximum Gasteiger partial charge on any atom is 0.260 e. The van der Waals surface area contributed by atoms with Crippen molar-refractivity contribution in [1.82, 2.24) is 9.88 Å².